The van der Waals surface area contributed by atoms with Gasteiger partial charge in [-0.3, -0.25) is 48.1 Å². The number of esters is 2. The van der Waals surface area contributed by atoms with E-state index in [9.17, 15) is 43.2 Å². The predicted molar refractivity (Wildman–Crippen MR) is 370 cm³/mol. The van der Waals surface area contributed by atoms with Gasteiger partial charge in [0.05, 0.1) is 25.6 Å². The van der Waals surface area contributed by atoms with Crippen molar-refractivity contribution in [3.8, 4) is 11.5 Å². The summed E-state index contributed by atoms with van der Waals surface area (Å²) in [4.78, 5) is 167. The summed E-state index contributed by atoms with van der Waals surface area (Å²) in [5, 5.41) is 5.87. The third kappa shape index (κ3) is 20.8. The zero-order valence-corrected chi connectivity index (χ0v) is 58.0. The number of nitrogens with one attached hydrogen (secondary N) is 2. The Kier molecular flexibility index (Phi) is 26.9. The van der Waals surface area contributed by atoms with E-state index < -0.39 is 101 Å². The molecule has 3 aliphatic rings. The van der Waals surface area contributed by atoms with Gasteiger partial charge in [-0.25, -0.2) is 9.59 Å². The van der Waals surface area contributed by atoms with Crippen molar-refractivity contribution in [1.29, 1.82) is 0 Å². The SMILES string of the molecule is COc1ccc(CC[C@H]2OC(=O)[C@@H]3CCCCN3C(=O)C(=O)C(C)(C)COC(=O)C=CCCN(C)C(=O)[C@H](CC(C)C)N(C)C(=O)[C@H]3CCCN3C(=O)[C@H](Cc3ccc(CC(=O)Cc4cccnc4)cc3)NC(=O)[C@H](c3ccccc3)CC(=O)CCC(=O)Nc3cccc2c3)cc1OC. The number of hydrogen-bond donors (Lipinski definition) is 2. The summed E-state index contributed by atoms with van der Waals surface area (Å²) in [6.45, 7) is 6.72. The molecule has 526 valence electrons. The quantitative estimate of drug-likeness (QED) is 0.0777. The molecule has 2 saturated heterocycles. The second-order valence-corrected chi connectivity index (χ2v) is 26.9. The molecule has 5 aromatic rings. The normalized spacial score (nSPS) is 21.9. The topological polar surface area (TPSA) is 275 Å². The van der Waals surface area contributed by atoms with E-state index in [1.54, 1.807) is 117 Å². The maximum absolute atomic E-state index is 15.3. The highest BCUT2D eigenvalue weighted by atomic mass is 16.5. The van der Waals surface area contributed by atoms with E-state index in [-0.39, 0.29) is 108 Å². The Balaban J connectivity index is 1.09. The lowest BCUT2D eigenvalue weighted by atomic mass is 9.87. The number of amides is 6. The predicted octanol–water partition coefficient (Wildman–Crippen LogP) is 8.66. The first-order valence-electron chi connectivity index (χ1n) is 34.1. The zero-order chi connectivity index (χ0) is 71.3. The lowest BCUT2D eigenvalue weighted by Crippen LogP contribution is -2.57. The van der Waals surface area contributed by atoms with Gasteiger partial charge in [0, 0.05) is 96.4 Å². The van der Waals surface area contributed by atoms with Crippen LogP contribution in [0.5, 0.6) is 11.5 Å². The Labute approximate surface area is 579 Å². The van der Waals surface area contributed by atoms with Crippen molar-refractivity contribution in [2.45, 2.75) is 160 Å². The molecule has 99 heavy (non-hydrogen) atoms. The van der Waals surface area contributed by atoms with E-state index in [0.717, 1.165) is 16.7 Å². The zero-order valence-electron chi connectivity index (χ0n) is 58.0. The molecule has 0 spiro atoms. The van der Waals surface area contributed by atoms with Crippen molar-refractivity contribution in [1.82, 2.24) is 29.9 Å². The van der Waals surface area contributed by atoms with Gasteiger partial charge in [0.15, 0.2) is 11.5 Å². The summed E-state index contributed by atoms with van der Waals surface area (Å²) < 4.78 is 22.9. The molecule has 1 aromatic heterocycles. The molecule has 3 aliphatic heterocycles. The number of pyridine rings is 1. The molecular formula is C77H93N7O15. The highest BCUT2D eigenvalue weighted by molar-refractivity contribution is 6.38. The van der Waals surface area contributed by atoms with Crippen molar-refractivity contribution < 1.29 is 71.7 Å². The van der Waals surface area contributed by atoms with Gasteiger partial charge in [-0.2, -0.15) is 0 Å². The molecule has 22 nitrogen and oxygen atoms in total. The number of benzene rings is 4. The van der Waals surface area contributed by atoms with Crippen molar-refractivity contribution in [3.05, 3.63) is 167 Å². The number of likely N-dealkylation sites (N-methyl/N-ethyl adjacent to an activating group) is 2. The summed E-state index contributed by atoms with van der Waals surface area (Å²) in [5.74, 6) is -6.56. The Hall–Kier alpha value is -9.86. The molecule has 4 aromatic carbocycles. The Bertz CT molecular complexity index is 3730. The average molecular weight is 1360 g/mol. The number of fused-ring (bicyclic) bond motifs is 4. The van der Waals surface area contributed by atoms with Gasteiger partial charge in [-0.05, 0) is 141 Å². The van der Waals surface area contributed by atoms with E-state index in [1.807, 2.05) is 32.0 Å². The minimum Gasteiger partial charge on any atom is -0.493 e. The number of hydrogen-bond acceptors (Lipinski definition) is 16. The number of nitrogens with zero attached hydrogens (tertiary/aromatic N) is 5. The smallest absolute Gasteiger partial charge is 0.330 e. The Morgan fingerprint density at radius 1 is 0.697 bits per heavy atom. The first kappa shape index (κ1) is 74.9. The van der Waals surface area contributed by atoms with Crippen LogP contribution in [0.1, 0.15) is 144 Å². The third-order valence-electron chi connectivity index (χ3n) is 18.4. The number of carbonyl (C=O) groups is 11. The highest BCUT2D eigenvalue weighted by Gasteiger charge is 2.44. The van der Waals surface area contributed by atoms with Gasteiger partial charge < -0.3 is 49.2 Å². The molecule has 2 fully saturated rings. The standard InChI is InChI=1S/C77H93N7O15/c1-50(2)41-64-73(92)81(5)38-14-13-26-69(88)98-49-77(3,4)70(89)75(94)84-39-15-12-24-63(84)76(95)99-65(34-31-53-32-35-66(96-7)67(45-53)97-8)56-22-16-23-57(46-56)79-68(87)36-33-58(85)47-60(55-20-10-9-11-21-55)71(90)80-61(72(91)83-40-18-25-62(83)74(93)82(64)6)44-52-29-27-51(28-30-52)42-59(86)43-54-19-17-37-78-48-54/h9-11,13,16-17,19-23,26-30,32,35,37,45-46,48,50,60-65H,12,14-15,18,24-25,31,33-34,36,38-44,47,49H2,1-8H3,(H,79,87)(H,80,90)/t60-,61-,62+,63-,64-,65+/m0/s1. The van der Waals surface area contributed by atoms with Crippen LogP contribution in [0.15, 0.2) is 134 Å². The van der Waals surface area contributed by atoms with Crippen LogP contribution in [0.25, 0.3) is 0 Å². The third-order valence-corrected chi connectivity index (χ3v) is 18.4. The van der Waals surface area contributed by atoms with Crippen LogP contribution in [0.3, 0.4) is 0 Å². The molecule has 6 amide bonds. The van der Waals surface area contributed by atoms with Crippen LogP contribution in [0.4, 0.5) is 5.69 Å². The molecule has 0 radical (unpaired) electrons. The van der Waals surface area contributed by atoms with E-state index in [2.05, 4.69) is 15.6 Å². The van der Waals surface area contributed by atoms with Gasteiger partial charge in [-0.15, -0.1) is 0 Å². The number of ether oxygens (including phenoxy) is 4. The Morgan fingerprint density at radius 2 is 1.39 bits per heavy atom. The second kappa shape index (κ2) is 35.6. The first-order chi connectivity index (χ1) is 47.4. The van der Waals surface area contributed by atoms with Crippen molar-refractivity contribution in [2.24, 2.45) is 11.3 Å². The molecule has 0 saturated carbocycles. The number of Topliss-reactive ketones (excluding diaryl/α,β-unsaturated/α-hetero) is 3. The second-order valence-electron chi connectivity index (χ2n) is 26.9. The summed E-state index contributed by atoms with van der Waals surface area (Å²) >= 11 is 0. The summed E-state index contributed by atoms with van der Waals surface area (Å²) in [5.41, 5.74) is 2.75. The molecule has 0 aliphatic carbocycles. The number of ketones is 3. The van der Waals surface area contributed by atoms with Crippen LogP contribution >= 0.6 is 0 Å². The molecule has 6 atom stereocenters. The van der Waals surface area contributed by atoms with E-state index in [4.69, 9.17) is 18.9 Å². The number of aromatic nitrogens is 1. The molecule has 0 unspecified atom stereocenters. The van der Waals surface area contributed by atoms with Gasteiger partial charge in [0.2, 0.25) is 35.3 Å². The number of piperidine rings is 1. The van der Waals surface area contributed by atoms with Crippen molar-refractivity contribution in [2.75, 3.05) is 59.9 Å². The lowest BCUT2D eigenvalue weighted by Gasteiger charge is -2.36. The van der Waals surface area contributed by atoms with Crippen LogP contribution in [0.2, 0.25) is 0 Å². The fourth-order valence-corrected chi connectivity index (χ4v) is 12.8. The summed E-state index contributed by atoms with van der Waals surface area (Å²) in [6.07, 6.45) is 7.46. The number of anilines is 1. The van der Waals surface area contributed by atoms with Gasteiger partial charge >= 0.3 is 11.9 Å². The van der Waals surface area contributed by atoms with Crippen LogP contribution in [0, 0.1) is 11.3 Å². The number of methoxy groups -OCH3 is 2. The van der Waals surface area contributed by atoms with Crippen LogP contribution < -0.4 is 20.1 Å². The van der Waals surface area contributed by atoms with Crippen molar-refractivity contribution in [3.63, 3.8) is 0 Å². The minimum absolute atomic E-state index is 0.0262. The molecule has 2 bridgehead atoms. The fourth-order valence-electron chi connectivity index (χ4n) is 12.8. The van der Waals surface area contributed by atoms with E-state index >= 15 is 9.59 Å². The van der Waals surface area contributed by atoms with Gasteiger partial charge in [0.25, 0.3) is 5.91 Å². The largest absolute Gasteiger partial charge is 0.493 e. The molecule has 4 heterocycles. The summed E-state index contributed by atoms with van der Waals surface area (Å²) in [7, 11) is 6.18. The monoisotopic (exact) mass is 1360 g/mol. The first-order valence-corrected chi connectivity index (χ1v) is 34.1. The van der Waals surface area contributed by atoms with Crippen LogP contribution in [-0.4, -0.2) is 168 Å². The molecule has 2 N–H and O–H groups in total. The lowest BCUT2D eigenvalue weighted by molar-refractivity contribution is -0.165. The average Bonchev–Trinajstić information content (AvgIpc) is 1.75. The van der Waals surface area contributed by atoms with Crippen LogP contribution in [-0.2, 0) is 87.9 Å². The van der Waals surface area contributed by atoms with E-state index in [1.165, 1.54) is 59.8 Å². The van der Waals surface area contributed by atoms with Gasteiger partial charge in [-0.1, -0.05) is 98.8 Å². The van der Waals surface area contributed by atoms with Crippen molar-refractivity contribution >= 4 is 70.4 Å². The van der Waals surface area contributed by atoms with E-state index in [0.29, 0.717) is 59.6 Å². The number of carbonyl (C=O) groups excluding carboxylic acids is 11. The maximum Gasteiger partial charge on any atom is 0.330 e. The molecule has 8 rings (SSSR count). The number of rotatable bonds is 14. The number of aryl methyl sites for hydroxylation is 1. The molecule has 22 heteroatoms. The summed E-state index contributed by atoms with van der Waals surface area (Å²) in [6, 6.07) is 27.2. The van der Waals surface area contributed by atoms with Gasteiger partial charge in [0.1, 0.15) is 48.4 Å². The molecular weight excluding hydrogens is 1260 g/mol. The number of cyclic esters (lactones) is 2. The maximum atomic E-state index is 15.3. The Morgan fingerprint density at radius 3 is 2.11 bits per heavy atom. The highest BCUT2D eigenvalue weighted by Crippen LogP contribution is 2.34. The fraction of sp³-hybridized carbons (Fsp3) is 0.455. The minimum atomic E-state index is -1.52.